The van der Waals surface area contributed by atoms with Crippen LogP contribution in [-0.2, 0) is 5.41 Å². The number of rotatable bonds is 6. The van der Waals surface area contributed by atoms with Crippen molar-refractivity contribution in [1.29, 1.82) is 0 Å². The molecule has 4 aromatic carbocycles. The van der Waals surface area contributed by atoms with Crippen molar-refractivity contribution in [2.24, 2.45) is 5.16 Å². The van der Waals surface area contributed by atoms with Crippen molar-refractivity contribution in [3.05, 3.63) is 150 Å². The summed E-state index contributed by atoms with van der Waals surface area (Å²) in [5.74, 6) is 0. The average molecular weight is 389 g/mol. The number of oxime groups is 1. The van der Waals surface area contributed by atoms with Crippen LogP contribution in [0.4, 0.5) is 0 Å². The molecule has 0 heterocycles. The summed E-state index contributed by atoms with van der Waals surface area (Å²) in [6, 6.07) is 40.9. The van der Waals surface area contributed by atoms with E-state index in [-0.39, 0.29) is 0 Å². The fourth-order valence-electron chi connectivity index (χ4n) is 3.84. The van der Waals surface area contributed by atoms with Gasteiger partial charge in [0.2, 0.25) is 0 Å². The minimum absolute atomic E-state index is 0.738. The van der Waals surface area contributed by atoms with Gasteiger partial charge in [-0.1, -0.05) is 127 Å². The summed E-state index contributed by atoms with van der Waals surface area (Å²) in [6.45, 7) is 0. The van der Waals surface area contributed by atoms with Crippen molar-refractivity contribution in [3.8, 4) is 0 Å². The third kappa shape index (κ3) is 3.94. The highest BCUT2D eigenvalue weighted by molar-refractivity contribution is 5.90. The van der Waals surface area contributed by atoms with E-state index in [1.807, 2.05) is 72.8 Å². The molecule has 0 radical (unpaired) electrons. The van der Waals surface area contributed by atoms with Crippen LogP contribution < -0.4 is 0 Å². The standard InChI is InChI=1S/C28H23NO/c30-29-22-28(25-17-9-3-10-18-25,26-19-11-4-12-20-26)21-27(23-13-5-1-6-14-23)24-15-7-2-8-16-24/h1-22,30H/b29-22+. The van der Waals surface area contributed by atoms with Gasteiger partial charge in [-0.3, -0.25) is 0 Å². The zero-order chi connectivity index (χ0) is 20.7. The molecule has 0 fully saturated rings. The first-order valence-electron chi connectivity index (χ1n) is 9.97. The van der Waals surface area contributed by atoms with E-state index >= 15 is 0 Å². The maximum atomic E-state index is 9.72. The summed E-state index contributed by atoms with van der Waals surface area (Å²) in [5, 5.41) is 13.3. The van der Waals surface area contributed by atoms with Crippen LogP contribution >= 0.6 is 0 Å². The quantitative estimate of drug-likeness (QED) is 0.226. The van der Waals surface area contributed by atoms with Gasteiger partial charge in [-0.2, -0.15) is 0 Å². The van der Waals surface area contributed by atoms with E-state index in [0.29, 0.717) is 0 Å². The summed E-state index contributed by atoms with van der Waals surface area (Å²) in [6.07, 6.45) is 3.81. The molecule has 2 nitrogen and oxygen atoms in total. The topological polar surface area (TPSA) is 32.6 Å². The first kappa shape index (κ1) is 19.4. The van der Waals surface area contributed by atoms with E-state index in [0.717, 1.165) is 27.8 Å². The van der Waals surface area contributed by atoms with Gasteiger partial charge in [0, 0.05) is 0 Å². The molecule has 4 aromatic rings. The van der Waals surface area contributed by atoms with E-state index in [1.165, 1.54) is 0 Å². The molecule has 4 rings (SSSR count). The van der Waals surface area contributed by atoms with E-state index in [4.69, 9.17) is 0 Å². The Morgan fingerprint density at radius 3 is 1.30 bits per heavy atom. The molecule has 2 heteroatoms. The van der Waals surface area contributed by atoms with Crippen molar-refractivity contribution in [3.63, 3.8) is 0 Å². The van der Waals surface area contributed by atoms with Crippen molar-refractivity contribution < 1.29 is 5.21 Å². The fraction of sp³-hybridized carbons (Fsp3) is 0.0357. The summed E-state index contributed by atoms with van der Waals surface area (Å²) in [5.41, 5.74) is 4.59. The molecule has 0 spiro atoms. The number of nitrogens with zero attached hydrogens (tertiary/aromatic N) is 1. The van der Waals surface area contributed by atoms with Gasteiger partial charge in [-0.05, 0) is 27.8 Å². The van der Waals surface area contributed by atoms with Crippen LogP contribution in [0.1, 0.15) is 22.3 Å². The van der Waals surface area contributed by atoms with Crippen LogP contribution in [0.15, 0.2) is 133 Å². The summed E-state index contributed by atoms with van der Waals surface area (Å²) < 4.78 is 0. The van der Waals surface area contributed by atoms with Crippen LogP contribution in [0, 0.1) is 0 Å². The van der Waals surface area contributed by atoms with Gasteiger partial charge in [0.1, 0.15) is 0 Å². The molecule has 0 amide bonds. The smallest absolute Gasteiger partial charge is 0.0777 e. The van der Waals surface area contributed by atoms with Gasteiger partial charge in [0.15, 0.2) is 0 Å². The molecule has 146 valence electrons. The third-order valence-electron chi connectivity index (χ3n) is 5.31. The zero-order valence-electron chi connectivity index (χ0n) is 16.6. The first-order valence-corrected chi connectivity index (χ1v) is 9.97. The van der Waals surface area contributed by atoms with Crippen LogP contribution in [0.2, 0.25) is 0 Å². The Hall–Kier alpha value is -3.91. The lowest BCUT2D eigenvalue weighted by molar-refractivity contribution is 0.319. The van der Waals surface area contributed by atoms with Crippen molar-refractivity contribution in [1.82, 2.24) is 0 Å². The van der Waals surface area contributed by atoms with Crippen LogP contribution in [0.25, 0.3) is 5.57 Å². The molecule has 0 saturated heterocycles. The van der Waals surface area contributed by atoms with Crippen LogP contribution in [0.3, 0.4) is 0 Å². The Labute approximate surface area is 177 Å². The molecule has 1 N–H and O–H groups in total. The minimum Gasteiger partial charge on any atom is -0.411 e. The molecule has 0 atom stereocenters. The Kier molecular flexibility index (Phi) is 5.86. The lowest BCUT2D eigenvalue weighted by Crippen LogP contribution is -2.28. The molecule has 0 saturated carbocycles. The molecule has 30 heavy (non-hydrogen) atoms. The Balaban J connectivity index is 2.05. The minimum atomic E-state index is -0.738. The van der Waals surface area contributed by atoms with Gasteiger partial charge < -0.3 is 5.21 Å². The second-order valence-corrected chi connectivity index (χ2v) is 7.14. The number of benzene rings is 4. The summed E-state index contributed by atoms with van der Waals surface area (Å²) in [4.78, 5) is 0. The molecule has 0 bridgehead atoms. The Bertz CT molecular complexity index is 1040. The van der Waals surface area contributed by atoms with Gasteiger partial charge >= 0.3 is 0 Å². The molecule has 0 aliphatic heterocycles. The highest BCUT2D eigenvalue weighted by Crippen LogP contribution is 2.37. The number of hydrogen-bond donors (Lipinski definition) is 1. The predicted molar refractivity (Wildman–Crippen MR) is 124 cm³/mol. The Morgan fingerprint density at radius 1 is 0.567 bits per heavy atom. The largest absolute Gasteiger partial charge is 0.411 e. The van der Waals surface area contributed by atoms with Crippen LogP contribution in [0.5, 0.6) is 0 Å². The van der Waals surface area contributed by atoms with E-state index in [1.54, 1.807) is 6.21 Å². The molecular formula is C28H23NO. The first-order chi connectivity index (χ1) is 14.8. The lowest BCUT2D eigenvalue weighted by Gasteiger charge is -2.29. The van der Waals surface area contributed by atoms with Crippen molar-refractivity contribution in [2.75, 3.05) is 0 Å². The van der Waals surface area contributed by atoms with Gasteiger partial charge in [0.05, 0.1) is 11.6 Å². The average Bonchev–Trinajstić information content (AvgIpc) is 2.84. The lowest BCUT2D eigenvalue weighted by atomic mass is 9.73. The van der Waals surface area contributed by atoms with Gasteiger partial charge in [-0.25, -0.2) is 0 Å². The second kappa shape index (κ2) is 9.06. The van der Waals surface area contributed by atoms with Crippen molar-refractivity contribution in [2.45, 2.75) is 5.41 Å². The highest BCUT2D eigenvalue weighted by atomic mass is 16.4. The normalized spacial score (nSPS) is 11.3. The molecule has 0 aliphatic carbocycles. The Morgan fingerprint density at radius 2 is 0.933 bits per heavy atom. The maximum absolute atomic E-state index is 9.72. The molecule has 0 aromatic heterocycles. The molecule has 0 aliphatic rings. The SMILES string of the molecule is O/N=C/C(C=C(c1ccccc1)c1ccccc1)(c1ccccc1)c1ccccc1. The van der Waals surface area contributed by atoms with E-state index in [2.05, 4.69) is 59.8 Å². The number of hydrogen-bond acceptors (Lipinski definition) is 2. The number of allylic oxidation sites excluding steroid dienone is 1. The zero-order valence-corrected chi connectivity index (χ0v) is 16.6. The highest BCUT2D eigenvalue weighted by Gasteiger charge is 2.32. The predicted octanol–water partition coefficient (Wildman–Crippen LogP) is 6.56. The summed E-state index contributed by atoms with van der Waals surface area (Å²) >= 11 is 0. The van der Waals surface area contributed by atoms with Crippen LogP contribution in [-0.4, -0.2) is 11.4 Å². The van der Waals surface area contributed by atoms with Crippen molar-refractivity contribution >= 4 is 11.8 Å². The fourth-order valence-corrected chi connectivity index (χ4v) is 3.84. The monoisotopic (exact) mass is 389 g/mol. The third-order valence-corrected chi connectivity index (χ3v) is 5.31. The summed E-state index contributed by atoms with van der Waals surface area (Å²) in [7, 11) is 0. The van der Waals surface area contributed by atoms with Gasteiger partial charge in [0.25, 0.3) is 0 Å². The molecule has 0 unspecified atom stereocenters. The van der Waals surface area contributed by atoms with E-state index in [9.17, 15) is 5.21 Å². The maximum Gasteiger partial charge on any atom is 0.0777 e. The second-order valence-electron chi connectivity index (χ2n) is 7.14. The molecular weight excluding hydrogens is 366 g/mol. The van der Waals surface area contributed by atoms with Gasteiger partial charge in [-0.15, -0.1) is 5.16 Å². The van der Waals surface area contributed by atoms with E-state index < -0.39 is 5.41 Å².